The number of thiazole rings is 1. The van der Waals surface area contributed by atoms with Crippen molar-refractivity contribution in [1.29, 1.82) is 0 Å². The molecule has 3 heterocycles. The number of carbonyl (C=O) groups excluding carboxylic acids is 1. The van der Waals surface area contributed by atoms with E-state index in [1.165, 1.54) is 27.8 Å². The Kier molecular flexibility index (Phi) is 6.87. The lowest BCUT2D eigenvalue weighted by molar-refractivity contribution is -0.121. The fourth-order valence-electron chi connectivity index (χ4n) is 3.53. The van der Waals surface area contributed by atoms with Crippen molar-refractivity contribution in [2.45, 2.75) is 29.6 Å². The van der Waals surface area contributed by atoms with Gasteiger partial charge in [-0.15, -0.1) is 11.3 Å². The topological polar surface area (TPSA) is 81.0 Å². The third-order valence-corrected chi connectivity index (χ3v) is 9.85. The Bertz CT molecular complexity index is 1300. The van der Waals surface area contributed by atoms with E-state index in [4.69, 9.17) is 27.9 Å². The molecule has 1 saturated heterocycles. The molecule has 0 radical (unpaired) electrons. The maximum Gasteiger partial charge on any atom is 0.266 e. The quantitative estimate of drug-likeness (QED) is 0.492. The molecule has 4 rings (SSSR count). The summed E-state index contributed by atoms with van der Waals surface area (Å²) in [6.45, 7) is 1.22. The minimum atomic E-state index is -3.81. The molecular formula is C19H19Cl2N3O4S3. The van der Waals surface area contributed by atoms with Crippen molar-refractivity contribution in [1.82, 2.24) is 8.87 Å². The zero-order valence-electron chi connectivity index (χ0n) is 16.5. The first-order valence-corrected chi connectivity index (χ1v) is 13.3. The Morgan fingerprint density at radius 3 is 2.77 bits per heavy atom. The van der Waals surface area contributed by atoms with E-state index < -0.39 is 22.0 Å². The van der Waals surface area contributed by atoms with Gasteiger partial charge < -0.3 is 9.30 Å². The standard InChI is InChI=1S/C19H19Cl2N3O4S3/c1-28-10-9-23-13-5-4-12(20)11-15(13)29-19(23)22-18(25)14-3-2-8-24(14)31(26,27)17-7-6-16(21)30-17/h4-7,11,14H,2-3,8-10H2,1H3. The lowest BCUT2D eigenvalue weighted by atomic mass is 10.2. The molecule has 1 atom stereocenters. The summed E-state index contributed by atoms with van der Waals surface area (Å²) < 4.78 is 35.8. The predicted octanol–water partition coefficient (Wildman–Crippen LogP) is 4.00. The number of methoxy groups -OCH3 is 1. The number of benzene rings is 1. The van der Waals surface area contributed by atoms with Gasteiger partial charge in [-0.25, -0.2) is 8.42 Å². The summed E-state index contributed by atoms with van der Waals surface area (Å²) in [5, 5.41) is 0.591. The van der Waals surface area contributed by atoms with Gasteiger partial charge in [-0.3, -0.25) is 4.79 Å². The highest BCUT2D eigenvalue weighted by Crippen LogP contribution is 2.32. The predicted molar refractivity (Wildman–Crippen MR) is 124 cm³/mol. The molecule has 12 heteroatoms. The van der Waals surface area contributed by atoms with Crippen LogP contribution in [0.2, 0.25) is 9.36 Å². The largest absolute Gasteiger partial charge is 0.383 e. The number of sulfonamides is 1. The van der Waals surface area contributed by atoms with Crippen LogP contribution in [0.3, 0.4) is 0 Å². The Morgan fingerprint density at radius 1 is 1.26 bits per heavy atom. The second-order valence-electron chi connectivity index (χ2n) is 6.92. The molecule has 1 amide bonds. The van der Waals surface area contributed by atoms with E-state index in [1.807, 2.05) is 16.7 Å². The number of halogens is 2. The fourth-order valence-corrected chi connectivity index (χ4v) is 8.13. The summed E-state index contributed by atoms with van der Waals surface area (Å²) in [6.07, 6.45) is 1.02. The van der Waals surface area contributed by atoms with Crippen LogP contribution < -0.4 is 4.80 Å². The van der Waals surface area contributed by atoms with E-state index in [9.17, 15) is 13.2 Å². The molecule has 1 aromatic carbocycles. The van der Waals surface area contributed by atoms with Crippen molar-refractivity contribution in [2.24, 2.45) is 4.99 Å². The van der Waals surface area contributed by atoms with Gasteiger partial charge in [-0.05, 0) is 43.2 Å². The average molecular weight is 520 g/mol. The second-order valence-corrected chi connectivity index (χ2v) is 12.2. The molecule has 7 nitrogen and oxygen atoms in total. The Balaban J connectivity index is 1.71. The number of aromatic nitrogens is 1. The highest BCUT2D eigenvalue weighted by Gasteiger charge is 2.40. The summed E-state index contributed by atoms with van der Waals surface area (Å²) in [5.74, 6) is -0.479. The number of fused-ring (bicyclic) bond motifs is 1. The van der Waals surface area contributed by atoms with E-state index in [0.29, 0.717) is 40.2 Å². The van der Waals surface area contributed by atoms with Crippen LogP contribution in [0.25, 0.3) is 10.2 Å². The summed E-state index contributed by atoms with van der Waals surface area (Å²) >= 11 is 14.4. The lowest BCUT2D eigenvalue weighted by Crippen LogP contribution is -2.40. The smallest absolute Gasteiger partial charge is 0.266 e. The van der Waals surface area contributed by atoms with Crippen LogP contribution in [0.4, 0.5) is 0 Å². The molecular weight excluding hydrogens is 501 g/mol. The zero-order valence-corrected chi connectivity index (χ0v) is 20.4. The number of thiophene rings is 1. The van der Waals surface area contributed by atoms with Gasteiger partial charge in [0.25, 0.3) is 15.9 Å². The Morgan fingerprint density at radius 2 is 2.06 bits per heavy atom. The maximum absolute atomic E-state index is 13.1. The van der Waals surface area contributed by atoms with E-state index >= 15 is 0 Å². The third-order valence-electron chi connectivity index (χ3n) is 4.97. The second kappa shape index (κ2) is 9.30. The first kappa shape index (κ1) is 22.9. The molecule has 1 fully saturated rings. The van der Waals surface area contributed by atoms with Gasteiger partial charge in [0.2, 0.25) is 0 Å². The summed E-state index contributed by atoms with van der Waals surface area (Å²) in [6, 6.07) is 7.64. The van der Waals surface area contributed by atoms with Crippen molar-refractivity contribution in [3.05, 3.63) is 44.5 Å². The molecule has 166 valence electrons. The van der Waals surface area contributed by atoms with E-state index in [1.54, 1.807) is 13.2 Å². The number of carbonyl (C=O) groups is 1. The van der Waals surface area contributed by atoms with Gasteiger partial charge in [-0.1, -0.05) is 34.5 Å². The number of ether oxygens (including phenoxy) is 1. The van der Waals surface area contributed by atoms with Crippen LogP contribution in [0.15, 0.2) is 39.5 Å². The monoisotopic (exact) mass is 519 g/mol. The highest BCUT2D eigenvalue weighted by molar-refractivity contribution is 7.91. The van der Waals surface area contributed by atoms with Crippen LogP contribution in [0.1, 0.15) is 12.8 Å². The molecule has 0 N–H and O–H groups in total. The van der Waals surface area contributed by atoms with Crippen molar-refractivity contribution < 1.29 is 17.9 Å². The number of nitrogens with zero attached hydrogens (tertiary/aromatic N) is 3. The van der Waals surface area contributed by atoms with Gasteiger partial charge in [0, 0.05) is 25.2 Å². The van der Waals surface area contributed by atoms with Crippen molar-refractivity contribution in [2.75, 3.05) is 20.3 Å². The number of amides is 1. The Labute approximate surface area is 197 Å². The molecule has 31 heavy (non-hydrogen) atoms. The molecule has 0 bridgehead atoms. The molecule has 3 aromatic rings. The van der Waals surface area contributed by atoms with E-state index in [0.717, 1.165) is 21.6 Å². The van der Waals surface area contributed by atoms with Crippen molar-refractivity contribution in [3.8, 4) is 0 Å². The molecule has 0 aliphatic carbocycles. The van der Waals surface area contributed by atoms with Gasteiger partial charge in [0.1, 0.15) is 10.3 Å². The van der Waals surface area contributed by atoms with Crippen molar-refractivity contribution >= 4 is 72.0 Å². The Hall–Kier alpha value is -1.27. The van der Waals surface area contributed by atoms with Crippen LogP contribution >= 0.6 is 45.9 Å². The van der Waals surface area contributed by atoms with Crippen LogP contribution in [0.5, 0.6) is 0 Å². The highest BCUT2D eigenvalue weighted by atomic mass is 35.5. The summed E-state index contributed by atoms with van der Waals surface area (Å²) in [4.78, 5) is 17.9. The maximum atomic E-state index is 13.1. The van der Waals surface area contributed by atoms with E-state index in [2.05, 4.69) is 4.99 Å². The van der Waals surface area contributed by atoms with E-state index in [-0.39, 0.29) is 10.8 Å². The van der Waals surface area contributed by atoms with Gasteiger partial charge in [0.15, 0.2) is 4.80 Å². The number of rotatable bonds is 6. The van der Waals surface area contributed by atoms with Crippen LogP contribution in [-0.2, 0) is 26.1 Å². The number of hydrogen-bond acceptors (Lipinski definition) is 6. The molecule has 1 unspecified atom stereocenters. The molecule has 0 spiro atoms. The first-order chi connectivity index (χ1) is 14.8. The summed E-state index contributed by atoms with van der Waals surface area (Å²) in [5.41, 5.74) is 0.891. The fraction of sp³-hybridized carbons (Fsp3) is 0.368. The van der Waals surface area contributed by atoms with Gasteiger partial charge in [-0.2, -0.15) is 9.30 Å². The zero-order chi connectivity index (χ0) is 22.2. The van der Waals surface area contributed by atoms with Gasteiger partial charge >= 0.3 is 0 Å². The van der Waals surface area contributed by atoms with Gasteiger partial charge in [0.05, 0.1) is 21.2 Å². The van der Waals surface area contributed by atoms with Crippen molar-refractivity contribution in [3.63, 3.8) is 0 Å². The first-order valence-electron chi connectivity index (χ1n) is 9.45. The molecule has 1 aliphatic heterocycles. The SMILES string of the molecule is COCCn1c(=NC(=O)C2CCCN2S(=O)(=O)c2ccc(Cl)s2)sc2cc(Cl)ccc21. The molecule has 2 aromatic heterocycles. The molecule has 1 aliphatic rings. The number of hydrogen-bond donors (Lipinski definition) is 0. The third kappa shape index (κ3) is 4.61. The minimum Gasteiger partial charge on any atom is -0.383 e. The normalized spacial score (nSPS) is 18.3. The summed E-state index contributed by atoms with van der Waals surface area (Å²) in [7, 11) is -2.21. The molecule has 0 saturated carbocycles. The minimum absolute atomic E-state index is 0.129. The van der Waals surface area contributed by atoms with Crippen LogP contribution in [0, 0.1) is 0 Å². The lowest BCUT2D eigenvalue weighted by Gasteiger charge is -2.20. The van der Waals surface area contributed by atoms with Crippen LogP contribution in [-0.4, -0.2) is 49.5 Å². The average Bonchev–Trinajstić information content (AvgIpc) is 3.44.